The summed E-state index contributed by atoms with van der Waals surface area (Å²) in [5.41, 5.74) is 1.54. The van der Waals surface area contributed by atoms with E-state index in [-0.39, 0.29) is 12.5 Å². The number of H-pyrrole nitrogens is 1. The maximum atomic E-state index is 11.9. The second-order valence-electron chi connectivity index (χ2n) is 3.47. The number of aromatic nitrogens is 4. The van der Waals surface area contributed by atoms with Crippen LogP contribution in [0.5, 0.6) is 0 Å². The number of hydrogen-bond acceptors (Lipinski definition) is 4. The Morgan fingerprint density at radius 3 is 3.00 bits per heavy atom. The predicted molar refractivity (Wildman–Crippen MR) is 64.2 cm³/mol. The molecule has 0 aliphatic carbocycles. The first-order valence-electron chi connectivity index (χ1n) is 4.93. The molecule has 17 heavy (non-hydrogen) atoms. The minimum Gasteiger partial charge on any atom is -0.345 e. The molecule has 1 heterocycles. The summed E-state index contributed by atoms with van der Waals surface area (Å²) in [7, 11) is 0. The van der Waals surface area contributed by atoms with Crippen LogP contribution < -0.4 is 5.32 Å². The van der Waals surface area contributed by atoms with Gasteiger partial charge in [-0.2, -0.15) is 5.21 Å². The maximum Gasteiger partial charge on any atom is 0.251 e. The topological polar surface area (TPSA) is 83.6 Å². The Balaban J connectivity index is 2.04. The van der Waals surface area contributed by atoms with E-state index in [1.54, 1.807) is 6.07 Å². The third kappa shape index (κ3) is 2.88. The Hall–Kier alpha value is -1.76. The molecule has 1 aromatic heterocycles. The van der Waals surface area contributed by atoms with Gasteiger partial charge in [0.15, 0.2) is 5.82 Å². The Morgan fingerprint density at radius 2 is 2.35 bits per heavy atom. The van der Waals surface area contributed by atoms with Crippen molar-refractivity contribution < 1.29 is 4.79 Å². The van der Waals surface area contributed by atoms with E-state index >= 15 is 0 Å². The molecule has 0 unspecified atom stereocenters. The number of tetrazole rings is 1. The molecule has 2 aromatic rings. The molecule has 7 heteroatoms. The van der Waals surface area contributed by atoms with Gasteiger partial charge in [0.2, 0.25) is 0 Å². The number of aryl methyl sites for hydroxylation is 1. The Morgan fingerprint density at radius 1 is 1.53 bits per heavy atom. The zero-order valence-corrected chi connectivity index (χ0v) is 10.7. The standard InChI is InChI=1S/C10H10BrN5O/c1-6-4-7(11)2-3-8(6)10(17)12-5-9-13-15-16-14-9/h2-4H,5H2,1H3,(H,12,17)(H,13,14,15,16). The molecule has 88 valence electrons. The van der Waals surface area contributed by atoms with Gasteiger partial charge < -0.3 is 5.32 Å². The fraction of sp³-hybridized carbons (Fsp3) is 0.200. The molecule has 0 aliphatic rings. The first-order valence-corrected chi connectivity index (χ1v) is 5.73. The van der Waals surface area contributed by atoms with Crippen LogP contribution in [0.25, 0.3) is 0 Å². The third-order valence-corrected chi connectivity index (χ3v) is 2.72. The summed E-state index contributed by atoms with van der Waals surface area (Å²) < 4.78 is 0.949. The number of nitrogens with zero attached hydrogens (tertiary/aromatic N) is 3. The van der Waals surface area contributed by atoms with Crippen LogP contribution in [0.3, 0.4) is 0 Å². The summed E-state index contributed by atoms with van der Waals surface area (Å²) in [6, 6.07) is 5.49. The van der Waals surface area contributed by atoms with E-state index < -0.39 is 0 Å². The third-order valence-electron chi connectivity index (χ3n) is 2.23. The van der Waals surface area contributed by atoms with Gasteiger partial charge in [-0.25, -0.2) is 0 Å². The van der Waals surface area contributed by atoms with E-state index in [9.17, 15) is 4.79 Å². The second kappa shape index (κ2) is 5.05. The van der Waals surface area contributed by atoms with Crippen molar-refractivity contribution in [3.8, 4) is 0 Å². The minimum absolute atomic E-state index is 0.153. The molecule has 0 saturated heterocycles. The Labute approximate surface area is 106 Å². The van der Waals surface area contributed by atoms with Gasteiger partial charge in [0, 0.05) is 10.0 Å². The van der Waals surface area contributed by atoms with Gasteiger partial charge in [-0.3, -0.25) is 4.79 Å². The van der Waals surface area contributed by atoms with Gasteiger partial charge in [-0.15, -0.1) is 10.2 Å². The molecular weight excluding hydrogens is 286 g/mol. The minimum atomic E-state index is -0.153. The van der Waals surface area contributed by atoms with Gasteiger partial charge in [0.05, 0.1) is 6.54 Å². The van der Waals surface area contributed by atoms with Crippen molar-refractivity contribution in [1.82, 2.24) is 25.9 Å². The van der Waals surface area contributed by atoms with Crippen molar-refractivity contribution in [2.45, 2.75) is 13.5 Å². The first kappa shape index (κ1) is 11.7. The average Bonchev–Trinajstić information content (AvgIpc) is 2.78. The molecule has 0 aliphatic heterocycles. The summed E-state index contributed by atoms with van der Waals surface area (Å²) >= 11 is 3.35. The SMILES string of the molecule is Cc1cc(Br)ccc1C(=O)NCc1nn[nH]n1. The van der Waals surface area contributed by atoms with E-state index in [0.29, 0.717) is 11.4 Å². The lowest BCUT2D eigenvalue weighted by atomic mass is 10.1. The van der Waals surface area contributed by atoms with Crippen LogP contribution in [-0.2, 0) is 6.54 Å². The summed E-state index contributed by atoms with van der Waals surface area (Å²) in [5, 5.41) is 16.0. The number of carbonyl (C=O) groups excluding carboxylic acids is 1. The molecule has 0 atom stereocenters. The smallest absolute Gasteiger partial charge is 0.251 e. The molecule has 0 fully saturated rings. The lowest BCUT2D eigenvalue weighted by molar-refractivity contribution is 0.0949. The molecule has 6 nitrogen and oxygen atoms in total. The predicted octanol–water partition coefficient (Wildman–Crippen LogP) is 1.20. The summed E-state index contributed by atoms with van der Waals surface area (Å²) in [5.74, 6) is 0.299. The molecule has 1 aromatic carbocycles. The highest BCUT2D eigenvalue weighted by molar-refractivity contribution is 9.10. The summed E-state index contributed by atoms with van der Waals surface area (Å²) in [6.45, 7) is 2.14. The molecule has 0 saturated carbocycles. The summed E-state index contributed by atoms with van der Waals surface area (Å²) in [6.07, 6.45) is 0. The molecule has 0 bridgehead atoms. The average molecular weight is 296 g/mol. The largest absolute Gasteiger partial charge is 0.345 e. The molecular formula is C10H10BrN5O. The van der Waals surface area contributed by atoms with Crippen LogP contribution >= 0.6 is 15.9 Å². The highest BCUT2D eigenvalue weighted by Gasteiger charge is 2.09. The molecule has 0 spiro atoms. The fourth-order valence-electron chi connectivity index (χ4n) is 1.39. The highest BCUT2D eigenvalue weighted by Crippen LogP contribution is 2.15. The van der Waals surface area contributed by atoms with Crippen LogP contribution in [0.1, 0.15) is 21.7 Å². The number of carbonyl (C=O) groups is 1. The van der Waals surface area contributed by atoms with Crippen molar-refractivity contribution in [2.75, 3.05) is 0 Å². The molecule has 0 radical (unpaired) electrons. The molecule has 2 rings (SSSR count). The maximum absolute atomic E-state index is 11.9. The number of rotatable bonds is 3. The number of hydrogen-bond donors (Lipinski definition) is 2. The van der Waals surface area contributed by atoms with Gasteiger partial charge >= 0.3 is 0 Å². The van der Waals surface area contributed by atoms with Crippen molar-refractivity contribution in [3.63, 3.8) is 0 Å². The molecule has 2 N–H and O–H groups in total. The van der Waals surface area contributed by atoms with Crippen molar-refractivity contribution in [3.05, 3.63) is 39.6 Å². The number of nitrogens with one attached hydrogen (secondary N) is 2. The van der Waals surface area contributed by atoms with E-state index in [4.69, 9.17) is 0 Å². The van der Waals surface area contributed by atoms with Crippen molar-refractivity contribution in [1.29, 1.82) is 0 Å². The normalized spacial score (nSPS) is 10.2. The van der Waals surface area contributed by atoms with E-state index in [0.717, 1.165) is 10.0 Å². The first-order chi connectivity index (χ1) is 8.16. The van der Waals surface area contributed by atoms with Gasteiger partial charge in [-0.1, -0.05) is 21.1 Å². The Kier molecular flexibility index (Phi) is 3.48. The number of aromatic amines is 1. The monoisotopic (exact) mass is 295 g/mol. The lowest BCUT2D eigenvalue weighted by Gasteiger charge is -2.06. The summed E-state index contributed by atoms with van der Waals surface area (Å²) in [4.78, 5) is 11.9. The number of halogens is 1. The van der Waals surface area contributed by atoms with Crippen LogP contribution in [-0.4, -0.2) is 26.5 Å². The molecule has 1 amide bonds. The van der Waals surface area contributed by atoms with Crippen molar-refractivity contribution in [2.24, 2.45) is 0 Å². The number of benzene rings is 1. The fourth-order valence-corrected chi connectivity index (χ4v) is 1.87. The lowest BCUT2D eigenvalue weighted by Crippen LogP contribution is -2.24. The van der Waals surface area contributed by atoms with Crippen LogP contribution in [0.15, 0.2) is 22.7 Å². The zero-order valence-electron chi connectivity index (χ0n) is 9.07. The Bertz CT molecular complexity index is 525. The van der Waals surface area contributed by atoms with E-state index in [1.807, 2.05) is 19.1 Å². The van der Waals surface area contributed by atoms with Crippen LogP contribution in [0.2, 0.25) is 0 Å². The zero-order chi connectivity index (χ0) is 12.3. The van der Waals surface area contributed by atoms with Gasteiger partial charge in [0.1, 0.15) is 0 Å². The van der Waals surface area contributed by atoms with E-state index in [2.05, 4.69) is 41.9 Å². The van der Waals surface area contributed by atoms with Gasteiger partial charge in [-0.05, 0) is 30.7 Å². The second-order valence-corrected chi connectivity index (χ2v) is 4.39. The number of amides is 1. The quantitative estimate of drug-likeness (QED) is 0.891. The van der Waals surface area contributed by atoms with Gasteiger partial charge in [0.25, 0.3) is 5.91 Å². The van der Waals surface area contributed by atoms with Crippen molar-refractivity contribution >= 4 is 21.8 Å². The van der Waals surface area contributed by atoms with Crippen LogP contribution in [0, 0.1) is 6.92 Å². The highest BCUT2D eigenvalue weighted by atomic mass is 79.9. The van der Waals surface area contributed by atoms with Crippen LogP contribution in [0.4, 0.5) is 0 Å². The van der Waals surface area contributed by atoms with E-state index in [1.165, 1.54) is 0 Å².